The van der Waals surface area contributed by atoms with Gasteiger partial charge in [0.15, 0.2) is 5.96 Å². The van der Waals surface area contributed by atoms with Crippen molar-refractivity contribution in [2.45, 2.75) is 149 Å². The summed E-state index contributed by atoms with van der Waals surface area (Å²) in [4.78, 5) is 24.9. The molecule has 0 aliphatic carbocycles. The Morgan fingerprint density at radius 1 is 0.647 bits per heavy atom. The van der Waals surface area contributed by atoms with Crippen LogP contribution in [0.3, 0.4) is 0 Å². The number of hydrogen-bond donors (Lipinski definition) is 3. The summed E-state index contributed by atoms with van der Waals surface area (Å²) in [7, 11) is 0. The Bertz CT molecular complexity index is 511. The number of guanidine groups is 1. The van der Waals surface area contributed by atoms with E-state index in [9.17, 15) is 14.7 Å². The van der Waals surface area contributed by atoms with Gasteiger partial charge in [-0.2, -0.15) is 0 Å². The number of hydrogen-bond acceptors (Lipinski definition) is 3. The summed E-state index contributed by atoms with van der Waals surface area (Å²) in [6.45, 7) is 4.73. The predicted octanol–water partition coefficient (Wildman–Crippen LogP) is 7.66. The maximum atomic E-state index is 12.2. The van der Waals surface area contributed by atoms with Gasteiger partial charge in [0, 0.05) is 13.0 Å². The van der Waals surface area contributed by atoms with Crippen LogP contribution < -0.4 is 5.32 Å². The Hall–Kier alpha value is -1.59. The highest BCUT2D eigenvalue weighted by Gasteiger charge is 2.15. The van der Waals surface area contributed by atoms with E-state index in [-0.39, 0.29) is 18.4 Å². The van der Waals surface area contributed by atoms with E-state index in [0.717, 1.165) is 38.5 Å². The third-order valence-electron chi connectivity index (χ3n) is 6.44. The number of carboxylic acid groups (broad SMARTS) is 1. The summed E-state index contributed by atoms with van der Waals surface area (Å²) in [5.74, 6) is -1.22. The van der Waals surface area contributed by atoms with Gasteiger partial charge >= 0.3 is 5.97 Å². The Labute approximate surface area is 210 Å². The molecule has 1 amide bonds. The number of amides is 1. The normalized spacial score (nSPS) is 10.9. The number of rotatable bonds is 24. The lowest BCUT2D eigenvalue weighted by Gasteiger charge is -2.23. The largest absolute Gasteiger partial charge is 0.480 e. The van der Waals surface area contributed by atoms with Crippen molar-refractivity contribution in [1.29, 1.82) is 5.41 Å². The van der Waals surface area contributed by atoms with E-state index in [0.29, 0.717) is 13.0 Å². The van der Waals surface area contributed by atoms with Crippen molar-refractivity contribution in [2.24, 2.45) is 0 Å². The summed E-state index contributed by atoms with van der Waals surface area (Å²) in [5, 5.41) is 20.0. The van der Waals surface area contributed by atoms with Crippen LogP contribution in [0, 0.1) is 5.41 Å². The highest BCUT2D eigenvalue weighted by atomic mass is 16.4. The van der Waals surface area contributed by atoms with E-state index in [1.807, 2.05) is 0 Å². The number of nitrogens with zero attached hydrogens (tertiary/aromatic N) is 1. The number of carbonyl (C=O) groups excluding carboxylic acids is 1. The van der Waals surface area contributed by atoms with Gasteiger partial charge in [-0.05, 0) is 12.8 Å². The van der Waals surface area contributed by atoms with Crippen LogP contribution in [-0.4, -0.2) is 40.9 Å². The van der Waals surface area contributed by atoms with Crippen molar-refractivity contribution < 1.29 is 14.7 Å². The second kappa shape index (κ2) is 24.5. The molecule has 0 fully saturated rings. The third-order valence-corrected chi connectivity index (χ3v) is 6.44. The maximum Gasteiger partial charge on any atom is 0.323 e. The first-order valence-electron chi connectivity index (χ1n) is 14.4. The molecule has 0 spiro atoms. The molecule has 0 aliphatic heterocycles. The first kappa shape index (κ1) is 32.4. The fourth-order valence-electron chi connectivity index (χ4n) is 4.27. The minimum atomic E-state index is -0.971. The van der Waals surface area contributed by atoms with Gasteiger partial charge in [0.2, 0.25) is 5.91 Å². The summed E-state index contributed by atoms with van der Waals surface area (Å²) < 4.78 is 0. The Morgan fingerprint density at radius 3 is 1.44 bits per heavy atom. The Morgan fingerprint density at radius 2 is 1.03 bits per heavy atom. The van der Waals surface area contributed by atoms with Gasteiger partial charge < -0.3 is 10.0 Å². The molecule has 200 valence electrons. The zero-order valence-electron chi connectivity index (χ0n) is 22.5. The van der Waals surface area contributed by atoms with Gasteiger partial charge in [0.1, 0.15) is 6.54 Å². The molecule has 0 rings (SSSR count). The molecule has 0 aromatic heterocycles. The van der Waals surface area contributed by atoms with Crippen LogP contribution in [0.4, 0.5) is 0 Å². The molecule has 0 aliphatic rings. The van der Waals surface area contributed by atoms with Crippen LogP contribution in [-0.2, 0) is 9.59 Å². The van der Waals surface area contributed by atoms with Crippen LogP contribution in [0.2, 0.25) is 0 Å². The minimum absolute atomic E-state index is 0.0737. The maximum absolute atomic E-state index is 12.2. The highest BCUT2D eigenvalue weighted by molar-refractivity contribution is 5.96. The quantitative estimate of drug-likeness (QED) is 0.0749. The fourth-order valence-corrected chi connectivity index (χ4v) is 4.27. The van der Waals surface area contributed by atoms with Crippen LogP contribution in [0.25, 0.3) is 0 Å². The van der Waals surface area contributed by atoms with Crippen LogP contribution in [0.15, 0.2) is 0 Å². The highest BCUT2D eigenvalue weighted by Crippen LogP contribution is 2.12. The second-order valence-electron chi connectivity index (χ2n) is 9.83. The number of nitrogens with one attached hydrogen (secondary N) is 2. The van der Waals surface area contributed by atoms with Crippen LogP contribution in [0.1, 0.15) is 149 Å². The van der Waals surface area contributed by atoms with Crippen molar-refractivity contribution in [3.8, 4) is 0 Å². The second-order valence-corrected chi connectivity index (χ2v) is 9.83. The van der Waals surface area contributed by atoms with Gasteiger partial charge in [-0.1, -0.05) is 129 Å². The fraction of sp³-hybridized carbons (Fsp3) is 0.893. The molecule has 0 heterocycles. The smallest absolute Gasteiger partial charge is 0.323 e. The molecule has 0 aromatic carbocycles. The molecule has 0 unspecified atom stereocenters. The molecule has 0 saturated carbocycles. The van der Waals surface area contributed by atoms with Gasteiger partial charge in [-0.25, -0.2) is 0 Å². The van der Waals surface area contributed by atoms with Gasteiger partial charge in [0.25, 0.3) is 0 Å². The molecule has 0 aromatic rings. The third kappa shape index (κ3) is 22.2. The van der Waals surface area contributed by atoms with Crippen molar-refractivity contribution >= 4 is 17.8 Å². The zero-order valence-corrected chi connectivity index (χ0v) is 22.5. The monoisotopic (exact) mass is 481 g/mol. The molecule has 0 bridgehead atoms. The number of carboxylic acids is 1. The van der Waals surface area contributed by atoms with E-state index in [4.69, 9.17) is 5.41 Å². The molecule has 0 atom stereocenters. The number of carbonyl (C=O) groups is 2. The van der Waals surface area contributed by atoms with Crippen molar-refractivity contribution in [3.63, 3.8) is 0 Å². The summed E-state index contributed by atoms with van der Waals surface area (Å²) >= 11 is 0. The summed E-state index contributed by atoms with van der Waals surface area (Å²) in [6, 6.07) is 0. The lowest BCUT2D eigenvalue weighted by atomic mass is 10.1. The minimum Gasteiger partial charge on any atom is -0.480 e. The molecule has 6 heteroatoms. The predicted molar refractivity (Wildman–Crippen MR) is 143 cm³/mol. The molecule has 0 saturated heterocycles. The van der Waals surface area contributed by atoms with E-state index < -0.39 is 5.97 Å². The first-order chi connectivity index (χ1) is 16.5. The van der Waals surface area contributed by atoms with Crippen molar-refractivity contribution in [3.05, 3.63) is 0 Å². The number of unbranched alkanes of at least 4 members (excludes halogenated alkanes) is 18. The average Bonchev–Trinajstić information content (AvgIpc) is 2.80. The van der Waals surface area contributed by atoms with Crippen LogP contribution >= 0.6 is 0 Å². The van der Waals surface area contributed by atoms with Gasteiger partial charge in [-0.3, -0.25) is 20.3 Å². The first-order valence-corrected chi connectivity index (χ1v) is 14.4. The topological polar surface area (TPSA) is 93.5 Å². The zero-order chi connectivity index (χ0) is 25.3. The Kier molecular flexibility index (Phi) is 23.4. The standard InChI is InChI=1S/C28H55N3O3/c1-3-5-7-9-11-13-14-16-18-20-22-24-31(25-27(33)34)28(29)30-26(32)23-21-19-17-15-12-10-8-6-4-2/h3-25H2,1-2H3,(H,33,34)(H2,29,30,32). The summed E-state index contributed by atoms with van der Waals surface area (Å²) in [6.07, 6.45) is 24.7. The van der Waals surface area contributed by atoms with E-state index in [1.165, 1.54) is 94.8 Å². The van der Waals surface area contributed by atoms with E-state index in [1.54, 1.807) is 0 Å². The molecular weight excluding hydrogens is 426 g/mol. The molecule has 3 N–H and O–H groups in total. The molecule has 6 nitrogen and oxygen atoms in total. The van der Waals surface area contributed by atoms with Crippen LogP contribution in [0.5, 0.6) is 0 Å². The molecule has 0 radical (unpaired) electrons. The lowest BCUT2D eigenvalue weighted by Crippen LogP contribution is -2.46. The van der Waals surface area contributed by atoms with E-state index >= 15 is 0 Å². The van der Waals surface area contributed by atoms with Crippen molar-refractivity contribution in [1.82, 2.24) is 10.2 Å². The molecule has 34 heavy (non-hydrogen) atoms. The van der Waals surface area contributed by atoms with Crippen molar-refractivity contribution in [2.75, 3.05) is 13.1 Å². The Balaban J connectivity index is 3.90. The average molecular weight is 482 g/mol. The lowest BCUT2D eigenvalue weighted by molar-refractivity contribution is -0.137. The molecular formula is C28H55N3O3. The number of aliphatic carboxylic acids is 1. The van der Waals surface area contributed by atoms with Gasteiger partial charge in [-0.15, -0.1) is 0 Å². The van der Waals surface area contributed by atoms with Gasteiger partial charge in [0.05, 0.1) is 0 Å². The summed E-state index contributed by atoms with van der Waals surface area (Å²) in [5.41, 5.74) is 0. The SMILES string of the molecule is CCCCCCCCCCCCCN(CC(=O)O)C(=N)NC(=O)CCCCCCCCCCC. The van der Waals surface area contributed by atoms with E-state index in [2.05, 4.69) is 19.2 Å².